The fourth-order valence-corrected chi connectivity index (χ4v) is 4.12. The molecule has 4 rings (SSSR count). The van der Waals surface area contributed by atoms with Crippen LogP contribution < -0.4 is 10.2 Å². The fraction of sp³-hybridized carbons (Fsp3) is 0.222. The molecule has 1 atom stereocenters. The van der Waals surface area contributed by atoms with E-state index in [0.29, 0.717) is 29.9 Å². The van der Waals surface area contributed by atoms with Crippen molar-refractivity contribution in [2.75, 3.05) is 16.8 Å². The number of carbonyl (C=O) groups is 2. The second-order valence-electron chi connectivity index (χ2n) is 6.24. The molecule has 0 saturated carbocycles. The molecule has 2 aromatic rings. The van der Waals surface area contributed by atoms with Crippen molar-refractivity contribution in [2.24, 2.45) is 0 Å². The Hall–Kier alpha value is -2.87. The van der Waals surface area contributed by atoms with Crippen molar-refractivity contribution in [1.29, 1.82) is 0 Å². The van der Waals surface area contributed by atoms with Crippen LogP contribution in [0.5, 0.6) is 0 Å². The van der Waals surface area contributed by atoms with Crippen LogP contribution in [0.1, 0.15) is 22.8 Å². The number of nitrogens with zero attached hydrogens (tertiary/aromatic N) is 2. The molecule has 26 heavy (non-hydrogen) atoms. The lowest BCUT2D eigenvalue weighted by Gasteiger charge is -2.23. The summed E-state index contributed by atoms with van der Waals surface area (Å²) in [6.07, 6.45) is 0.661. The lowest BCUT2D eigenvalue weighted by atomic mass is 10.1. The SMILES string of the molecule is C[C@H]1Sc2ccc(C(=O)N3CCc4ccc([N+](=O)[O-])cc43)cc2NC1=O. The highest BCUT2D eigenvalue weighted by atomic mass is 32.2. The van der Waals surface area contributed by atoms with Crippen LogP contribution in [0.2, 0.25) is 0 Å². The van der Waals surface area contributed by atoms with Gasteiger partial charge in [0.1, 0.15) is 0 Å². The highest BCUT2D eigenvalue weighted by Crippen LogP contribution is 2.37. The average Bonchev–Trinajstić information content (AvgIpc) is 3.04. The number of rotatable bonds is 2. The van der Waals surface area contributed by atoms with Crippen molar-refractivity contribution in [2.45, 2.75) is 23.5 Å². The maximum absolute atomic E-state index is 13.0. The van der Waals surface area contributed by atoms with Crippen LogP contribution in [-0.4, -0.2) is 28.5 Å². The first-order valence-electron chi connectivity index (χ1n) is 8.15. The van der Waals surface area contributed by atoms with Gasteiger partial charge in [0.25, 0.3) is 11.6 Å². The Morgan fingerprint density at radius 2 is 2.12 bits per heavy atom. The summed E-state index contributed by atoms with van der Waals surface area (Å²) in [5.74, 6) is -0.320. The zero-order valence-corrected chi connectivity index (χ0v) is 14.7. The number of amides is 2. The van der Waals surface area contributed by atoms with Crippen molar-refractivity contribution in [3.8, 4) is 0 Å². The molecule has 0 spiro atoms. The third-order valence-electron chi connectivity index (χ3n) is 4.58. The molecular formula is C18H15N3O4S. The van der Waals surface area contributed by atoms with E-state index < -0.39 is 4.92 Å². The number of nitro benzene ring substituents is 1. The predicted octanol–water partition coefficient (Wildman–Crippen LogP) is 3.23. The van der Waals surface area contributed by atoms with Gasteiger partial charge in [-0.3, -0.25) is 19.7 Å². The number of anilines is 2. The summed E-state index contributed by atoms with van der Waals surface area (Å²) in [5, 5.41) is 13.7. The molecule has 2 heterocycles. The summed E-state index contributed by atoms with van der Waals surface area (Å²) in [5.41, 5.74) is 2.53. The van der Waals surface area contributed by atoms with Gasteiger partial charge in [-0.1, -0.05) is 6.07 Å². The van der Waals surface area contributed by atoms with E-state index in [1.54, 1.807) is 23.1 Å². The van der Waals surface area contributed by atoms with E-state index in [1.807, 2.05) is 13.0 Å². The zero-order chi connectivity index (χ0) is 18.4. The van der Waals surface area contributed by atoms with E-state index in [9.17, 15) is 19.7 Å². The minimum Gasteiger partial charge on any atom is -0.324 e. The quantitative estimate of drug-likeness (QED) is 0.648. The average molecular weight is 369 g/mol. The summed E-state index contributed by atoms with van der Waals surface area (Å²) >= 11 is 1.45. The second kappa shape index (κ2) is 6.14. The van der Waals surface area contributed by atoms with E-state index in [1.165, 1.54) is 23.9 Å². The summed E-state index contributed by atoms with van der Waals surface area (Å²) in [6.45, 7) is 2.31. The molecule has 2 amide bonds. The van der Waals surface area contributed by atoms with Crippen molar-refractivity contribution in [3.05, 3.63) is 57.6 Å². The molecule has 0 fully saturated rings. The number of benzene rings is 2. The summed E-state index contributed by atoms with van der Waals surface area (Å²) in [4.78, 5) is 37.9. The summed E-state index contributed by atoms with van der Waals surface area (Å²) in [7, 11) is 0. The molecule has 0 saturated heterocycles. The van der Waals surface area contributed by atoms with Crippen LogP contribution in [0.4, 0.5) is 17.1 Å². The Labute approximate surface area is 153 Å². The van der Waals surface area contributed by atoms with E-state index in [-0.39, 0.29) is 22.8 Å². The first-order chi connectivity index (χ1) is 12.4. The highest BCUT2D eigenvalue weighted by Gasteiger charge is 2.29. The van der Waals surface area contributed by atoms with Crippen LogP contribution in [0.25, 0.3) is 0 Å². The van der Waals surface area contributed by atoms with Gasteiger partial charge in [-0.25, -0.2) is 0 Å². The van der Waals surface area contributed by atoms with Crippen LogP contribution in [-0.2, 0) is 11.2 Å². The van der Waals surface area contributed by atoms with Gasteiger partial charge < -0.3 is 10.2 Å². The third kappa shape index (κ3) is 2.72. The van der Waals surface area contributed by atoms with Crippen LogP contribution in [0.15, 0.2) is 41.3 Å². The number of nitrogens with one attached hydrogen (secondary N) is 1. The van der Waals surface area contributed by atoms with Crippen LogP contribution >= 0.6 is 11.8 Å². The Morgan fingerprint density at radius 3 is 2.88 bits per heavy atom. The van der Waals surface area contributed by atoms with Crippen molar-refractivity contribution >= 4 is 40.6 Å². The second-order valence-corrected chi connectivity index (χ2v) is 7.62. The first-order valence-corrected chi connectivity index (χ1v) is 9.03. The molecule has 2 aromatic carbocycles. The van der Waals surface area contributed by atoms with E-state index >= 15 is 0 Å². The molecule has 0 unspecified atom stereocenters. The number of thioether (sulfide) groups is 1. The van der Waals surface area contributed by atoms with E-state index in [2.05, 4.69) is 5.32 Å². The maximum Gasteiger partial charge on any atom is 0.271 e. The molecule has 2 aliphatic rings. The van der Waals surface area contributed by atoms with Crippen molar-refractivity contribution < 1.29 is 14.5 Å². The number of hydrogen-bond acceptors (Lipinski definition) is 5. The van der Waals surface area contributed by atoms with Crippen molar-refractivity contribution in [1.82, 2.24) is 0 Å². The Kier molecular flexibility index (Phi) is 3.91. The zero-order valence-electron chi connectivity index (χ0n) is 13.9. The minimum absolute atomic E-state index is 0.0356. The van der Waals surface area contributed by atoms with Gasteiger partial charge in [-0.05, 0) is 37.1 Å². The lowest BCUT2D eigenvalue weighted by Crippen LogP contribution is -2.30. The minimum atomic E-state index is -0.464. The number of nitro groups is 1. The molecule has 0 aliphatic carbocycles. The fourth-order valence-electron chi connectivity index (χ4n) is 3.19. The Morgan fingerprint density at radius 1 is 1.31 bits per heavy atom. The van der Waals surface area contributed by atoms with E-state index in [4.69, 9.17) is 0 Å². The largest absolute Gasteiger partial charge is 0.324 e. The highest BCUT2D eigenvalue weighted by molar-refractivity contribution is 8.00. The normalized spacial score (nSPS) is 18.1. The smallest absolute Gasteiger partial charge is 0.271 e. The molecule has 0 aromatic heterocycles. The summed E-state index contributed by atoms with van der Waals surface area (Å²) in [6, 6.07) is 9.83. The standard InChI is InChI=1S/C18H15N3O4S/c1-10-17(22)19-14-8-12(3-5-16(14)26-10)18(23)20-7-6-11-2-4-13(21(24)25)9-15(11)20/h2-5,8-10H,6-7H2,1H3,(H,19,22)/t10-/m1/s1. The number of fused-ring (bicyclic) bond motifs is 2. The third-order valence-corrected chi connectivity index (χ3v) is 5.76. The monoisotopic (exact) mass is 369 g/mol. The molecule has 0 bridgehead atoms. The van der Waals surface area contributed by atoms with Gasteiger partial charge in [0.2, 0.25) is 5.91 Å². The predicted molar refractivity (Wildman–Crippen MR) is 98.9 cm³/mol. The van der Waals surface area contributed by atoms with Crippen LogP contribution in [0.3, 0.4) is 0 Å². The van der Waals surface area contributed by atoms with Gasteiger partial charge in [0, 0.05) is 29.1 Å². The number of hydrogen-bond donors (Lipinski definition) is 1. The topological polar surface area (TPSA) is 92.6 Å². The summed E-state index contributed by atoms with van der Waals surface area (Å²) < 4.78 is 0. The number of non-ortho nitro benzene ring substituents is 1. The molecule has 132 valence electrons. The van der Waals surface area contributed by atoms with Gasteiger partial charge >= 0.3 is 0 Å². The van der Waals surface area contributed by atoms with Gasteiger partial charge in [-0.15, -0.1) is 11.8 Å². The number of carbonyl (C=O) groups excluding carboxylic acids is 2. The van der Waals surface area contributed by atoms with E-state index in [0.717, 1.165) is 10.5 Å². The van der Waals surface area contributed by atoms with Crippen molar-refractivity contribution in [3.63, 3.8) is 0 Å². The molecular weight excluding hydrogens is 354 g/mol. The molecule has 8 heteroatoms. The molecule has 2 aliphatic heterocycles. The maximum atomic E-state index is 13.0. The molecule has 7 nitrogen and oxygen atoms in total. The molecule has 1 N–H and O–H groups in total. The Bertz CT molecular complexity index is 959. The van der Waals surface area contributed by atoms with Gasteiger partial charge in [0.15, 0.2) is 0 Å². The van der Waals surface area contributed by atoms with Gasteiger partial charge in [0.05, 0.1) is 21.5 Å². The van der Waals surface area contributed by atoms with Crippen LogP contribution in [0, 0.1) is 10.1 Å². The Balaban J connectivity index is 1.66. The first kappa shape index (κ1) is 16.6. The lowest BCUT2D eigenvalue weighted by molar-refractivity contribution is -0.384. The van der Waals surface area contributed by atoms with Gasteiger partial charge in [-0.2, -0.15) is 0 Å². The molecule has 0 radical (unpaired) electrons.